The van der Waals surface area contributed by atoms with Crippen LogP contribution < -0.4 is 25.8 Å². The molecule has 2 aromatic heterocycles. The third-order valence-electron chi connectivity index (χ3n) is 5.67. The summed E-state index contributed by atoms with van der Waals surface area (Å²) in [6.07, 6.45) is 1.60. The number of anilines is 5. The molecule has 0 spiro atoms. The number of nitrogens with one attached hydrogen (secondary N) is 3. The maximum atomic E-state index is 14.7. The Labute approximate surface area is 212 Å². The Bertz CT molecular complexity index is 1350. The van der Waals surface area contributed by atoms with Crippen LogP contribution in [0.25, 0.3) is 0 Å². The maximum Gasteiger partial charge on any atom is 0.330 e. The van der Waals surface area contributed by atoms with Gasteiger partial charge in [-0.3, -0.25) is 15.1 Å². The number of hydrogen-bond donors (Lipinski definition) is 3. The predicted octanol–water partition coefficient (Wildman–Crippen LogP) is 5.13. The van der Waals surface area contributed by atoms with Crippen molar-refractivity contribution in [2.75, 3.05) is 39.8 Å². The molecule has 1 aliphatic rings. The monoisotopic (exact) mass is 516 g/mol. The molecule has 0 atom stereocenters. The zero-order chi connectivity index (χ0) is 26.4. The summed E-state index contributed by atoms with van der Waals surface area (Å²) in [5, 5.41) is 11.8. The lowest BCUT2D eigenvalue weighted by Gasteiger charge is -2.34. The van der Waals surface area contributed by atoms with Gasteiger partial charge in [0.15, 0.2) is 0 Å². The fraction of sp³-hybridized carbons (Fsp3) is 0.348. The SMILES string of the molecule is CNc1ncc2c(n1)N(C)C(=O)N(c1cc(NC(=O)Nc3onc(C(C)(C)C)c3C)c(F)cc1Cl)C2. The van der Waals surface area contributed by atoms with Crippen molar-refractivity contribution >= 4 is 52.7 Å². The van der Waals surface area contributed by atoms with Crippen LogP contribution in [0.15, 0.2) is 22.9 Å². The lowest BCUT2D eigenvalue weighted by atomic mass is 9.90. The van der Waals surface area contributed by atoms with Crippen LogP contribution in [0.2, 0.25) is 5.02 Å². The smallest absolute Gasteiger partial charge is 0.330 e. The van der Waals surface area contributed by atoms with Crippen molar-refractivity contribution in [3.05, 3.63) is 46.0 Å². The highest BCUT2D eigenvalue weighted by molar-refractivity contribution is 6.34. The lowest BCUT2D eigenvalue weighted by molar-refractivity contribution is 0.251. The number of benzene rings is 1. The first-order chi connectivity index (χ1) is 16.9. The third-order valence-corrected chi connectivity index (χ3v) is 5.97. The number of aromatic nitrogens is 3. The molecule has 0 aliphatic carbocycles. The van der Waals surface area contributed by atoms with Gasteiger partial charge in [-0.15, -0.1) is 0 Å². The molecule has 0 fully saturated rings. The molecule has 0 unspecified atom stereocenters. The highest BCUT2D eigenvalue weighted by Crippen LogP contribution is 2.37. The molecule has 13 heteroatoms. The highest BCUT2D eigenvalue weighted by atomic mass is 35.5. The highest BCUT2D eigenvalue weighted by Gasteiger charge is 2.32. The molecule has 4 rings (SSSR count). The average Bonchev–Trinajstić information content (AvgIpc) is 3.18. The summed E-state index contributed by atoms with van der Waals surface area (Å²) < 4.78 is 20.0. The van der Waals surface area contributed by atoms with Crippen LogP contribution in [-0.4, -0.2) is 41.3 Å². The van der Waals surface area contributed by atoms with E-state index in [9.17, 15) is 14.0 Å². The van der Waals surface area contributed by atoms with Crippen LogP contribution in [-0.2, 0) is 12.0 Å². The zero-order valence-electron chi connectivity index (χ0n) is 20.7. The second-order valence-corrected chi connectivity index (χ2v) is 9.73. The van der Waals surface area contributed by atoms with Crippen molar-refractivity contribution in [3.63, 3.8) is 0 Å². The molecule has 36 heavy (non-hydrogen) atoms. The summed E-state index contributed by atoms with van der Waals surface area (Å²) >= 11 is 6.31. The van der Waals surface area contributed by atoms with Crippen molar-refractivity contribution in [2.45, 2.75) is 39.7 Å². The number of carbonyl (C=O) groups is 2. The van der Waals surface area contributed by atoms with Gasteiger partial charge in [-0.1, -0.05) is 37.5 Å². The molecule has 0 radical (unpaired) electrons. The van der Waals surface area contributed by atoms with Crippen LogP contribution in [0.5, 0.6) is 0 Å². The van der Waals surface area contributed by atoms with Crippen molar-refractivity contribution < 1.29 is 18.5 Å². The van der Waals surface area contributed by atoms with Crippen molar-refractivity contribution in [3.8, 4) is 0 Å². The summed E-state index contributed by atoms with van der Waals surface area (Å²) in [5.74, 6) is 0.195. The molecule has 0 saturated carbocycles. The fourth-order valence-corrected chi connectivity index (χ4v) is 4.12. The Balaban J connectivity index is 1.59. The number of halogens is 2. The van der Waals surface area contributed by atoms with Crippen molar-refractivity contribution in [2.24, 2.45) is 0 Å². The summed E-state index contributed by atoms with van der Waals surface area (Å²) in [6.45, 7) is 7.78. The standard InChI is InChI=1S/C23H26ClFN8O3/c1-11-17(23(2,3)4)31-36-19(11)30-21(34)28-15-8-16(13(24)7-14(15)25)33-10-12-9-27-20(26-5)29-18(12)32(6)22(33)35/h7-9H,10H2,1-6H3,(H,26,27,29)(H2,28,30,34). The van der Waals surface area contributed by atoms with Crippen LogP contribution in [0.4, 0.5) is 43.0 Å². The third kappa shape index (κ3) is 4.63. The molecular formula is C23H26ClFN8O3. The van der Waals surface area contributed by atoms with Gasteiger partial charge in [0.05, 0.1) is 28.6 Å². The molecule has 0 saturated heterocycles. The zero-order valence-corrected chi connectivity index (χ0v) is 21.4. The fourth-order valence-electron chi connectivity index (χ4n) is 3.87. The van der Waals surface area contributed by atoms with E-state index in [0.29, 0.717) is 28.6 Å². The van der Waals surface area contributed by atoms with E-state index in [1.807, 2.05) is 20.8 Å². The molecule has 0 bridgehead atoms. The molecule has 3 N–H and O–H groups in total. The first-order valence-electron chi connectivity index (χ1n) is 11.0. The number of rotatable bonds is 4. The summed E-state index contributed by atoms with van der Waals surface area (Å²) in [6, 6.07) is 1.15. The van der Waals surface area contributed by atoms with Gasteiger partial charge in [0, 0.05) is 36.8 Å². The van der Waals surface area contributed by atoms with E-state index < -0.39 is 17.9 Å². The number of urea groups is 2. The van der Waals surface area contributed by atoms with Gasteiger partial charge in [-0.05, 0) is 19.1 Å². The van der Waals surface area contributed by atoms with Gasteiger partial charge in [0.25, 0.3) is 0 Å². The summed E-state index contributed by atoms with van der Waals surface area (Å²) in [4.78, 5) is 37.0. The molecule has 3 aromatic rings. The van der Waals surface area contributed by atoms with E-state index in [0.717, 1.165) is 6.07 Å². The second kappa shape index (κ2) is 9.26. The van der Waals surface area contributed by atoms with Gasteiger partial charge in [0.1, 0.15) is 11.6 Å². The Kier molecular flexibility index (Phi) is 6.48. The Morgan fingerprint density at radius 3 is 2.61 bits per heavy atom. The Hall–Kier alpha value is -3.93. The minimum Gasteiger partial charge on any atom is -0.357 e. The van der Waals surface area contributed by atoms with Gasteiger partial charge >= 0.3 is 12.1 Å². The maximum absolute atomic E-state index is 14.7. The minimum absolute atomic E-state index is 0.00248. The number of hydrogen-bond acceptors (Lipinski definition) is 7. The molecule has 11 nitrogen and oxygen atoms in total. The first kappa shape index (κ1) is 25.2. The molecule has 3 heterocycles. The second-order valence-electron chi connectivity index (χ2n) is 9.32. The van der Waals surface area contributed by atoms with Gasteiger partial charge < -0.3 is 15.2 Å². The number of nitrogens with zero attached hydrogens (tertiary/aromatic N) is 5. The normalized spacial score (nSPS) is 13.5. The van der Waals surface area contributed by atoms with E-state index in [1.165, 1.54) is 15.9 Å². The average molecular weight is 517 g/mol. The van der Waals surface area contributed by atoms with Crippen molar-refractivity contribution in [1.82, 2.24) is 15.1 Å². The number of fused-ring (bicyclic) bond motifs is 1. The lowest BCUT2D eigenvalue weighted by Crippen LogP contribution is -2.46. The van der Waals surface area contributed by atoms with E-state index >= 15 is 0 Å². The predicted molar refractivity (Wildman–Crippen MR) is 136 cm³/mol. The van der Waals surface area contributed by atoms with Gasteiger partial charge in [-0.2, -0.15) is 4.98 Å². The Morgan fingerprint density at radius 1 is 1.25 bits per heavy atom. The molecule has 190 valence electrons. The minimum atomic E-state index is -0.774. The van der Waals surface area contributed by atoms with E-state index in [1.54, 1.807) is 27.2 Å². The number of carbonyl (C=O) groups excluding carboxylic acids is 2. The van der Waals surface area contributed by atoms with E-state index in [4.69, 9.17) is 16.1 Å². The summed E-state index contributed by atoms with van der Waals surface area (Å²) in [7, 11) is 3.24. The first-order valence-corrected chi connectivity index (χ1v) is 11.4. The van der Waals surface area contributed by atoms with E-state index in [2.05, 4.69) is 31.1 Å². The molecule has 1 aromatic carbocycles. The van der Waals surface area contributed by atoms with Gasteiger partial charge in [-0.25, -0.2) is 19.0 Å². The van der Waals surface area contributed by atoms with Crippen LogP contribution in [0, 0.1) is 12.7 Å². The van der Waals surface area contributed by atoms with Crippen LogP contribution >= 0.6 is 11.6 Å². The number of amides is 4. The van der Waals surface area contributed by atoms with Crippen LogP contribution in [0.3, 0.4) is 0 Å². The van der Waals surface area contributed by atoms with E-state index in [-0.39, 0.29) is 34.2 Å². The van der Waals surface area contributed by atoms with Crippen molar-refractivity contribution in [1.29, 1.82) is 0 Å². The van der Waals surface area contributed by atoms with Gasteiger partial charge in [0.2, 0.25) is 11.8 Å². The van der Waals surface area contributed by atoms with Crippen LogP contribution in [0.1, 0.15) is 37.6 Å². The molecular weight excluding hydrogens is 491 g/mol. The molecule has 1 aliphatic heterocycles. The largest absolute Gasteiger partial charge is 0.357 e. The topological polar surface area (TPSA) is 129 Å². The quantitative estimate of drug-likeness (QED) is 0.438. The molecule has 4 amide bonds. The Morgan fingerprint density at radius 2 is 1.97 bits per heavy atom. The summed E-state index contributed by atoms with van der Waals surface area (Å²) in [5.41, 5.74) is 1.77.